The molecule has 0 atom stereocenters. The van der Waals surface area contributed by atoms with Crippen molar-refractivity contribution in [3.05, 3.63) is 52.9 Å². The summed E-state index contributed by atoms with van der Waals surface area (Å²) in [6, 6.07) is 13.3. The minimum Gasteiger partial charge on any atom is -0.497 e. The molecule has 0 fully saturated rings. The van der Waals surface area contributed by atoms with E-state index in [0.29, 0.717) is 5.02 Å². The van der Waals surface area contributed by atoms with Crippen molar-refractivity contribution in [3.8, 4) is 33.3 Å². The fraction of sp³-hybridized carbons (Fsp3) is 0.118. The lowest BCUT2D eigenvalue weighted by molar-refractivity contribution is 0.404. The summed E-state index contributed by atoms with van der Waals surface area (Å²) in [5.74, 6) is 1.55. The topological polar surface area (TPSA) is 31.4 Å². The zero-order valence-corrected chi connectivity index (χ0v) is 13.7. The lowest BCUT2D eigenvalue weighted by atomic mass is 10.1. The van der Waals surface area contributed by atoms with E-state index in [2.05, 4.69) is 0 Å². The van der Waals surface area contributed by atoms with Crippen molar-refractivity contribution in [3.63, 3.8) is 0 Å². The molecule has 0 aliphatic rings. The summed E-state index contributed by atoms with van der Waals surface area (Å²) in [5, 5.41) is 3.63. The standard InChI is InChI=1S/C17H14ClNO2S/c1-20-13-7-8-16(21-2)14(9-13)17-19-15(10-22-17)11-3-5-12(18)6-4-11/h3-10H,1-2H3. The minimum absolute atomic E-state index is 0.716. The maximum Gasteiger partial charge on any atom is 0.129 e. The molecule has 0 spiro atoms. The Hall–Kier alpha value is -2.04. The second-order valence-corrected chi connectivity index (χ2v) is 5.91. The van der Waals surface area contributed by atoms with Crippen LogP contribution in [-0.4, -0.2) is 19.2 Å². The van der Waals surface area contributed by atoms with E-state index in [9.17, 15) is 0 Å². The monoisotopic (exact) mass is 331 g/mol. The number of nitrogens with zero attached hydrogens (tertiary/aromatic N) is 1. The Kier molecular flexibility index (Phi) is 4.32. The molecule has 0 aliphatic heterocycles. The van der Waals surface area contributed by atoms with Gasteiger partial charge in [0.25, 0.3) is 0 Å². The van der Waals surface area contributed by atoms with Crippen LogP contribution in [0, 0.1) is 0 Å². The molecular formula is C17H14ClNO2S. The Balaban J connectivity index is 2.01. The molecule has 0 unspecified atom stereocenters. The molecule has 3 rings (SSSR count). The number of benzene rings is 2. The van der Waals surface area contributed by atoms with Gasteiger partial charge in [0.05, 0.1) is 25.5 Å². The number of thiazole rings is 1. The van der Waals surface area contributed by atoms with Crippen LogP contribution < -0.4 is 9.47 Å². The predicted molar refractivity (Wildman–Crippen MR) is 91.1 cm³/mol. The van der Waals surface area contributed by atoms with E-state index >= 15 is 0 Å². The van der Waals surface area contributed by atoms with Crippen LogP contribution in [0.2, 0.25) is 5.02 Å². The van der Waals surface area contributed by atoms with Crippen molar-refractivity contribution in [2.45, 2.75) is 0 Å². The summed E-state index contributed by atoms with van der Waals surface area (Å²) in [5.41, 5.74) is 2.88. The molecule has 3 nitrogen and oxygen atoms in total. The average Bonchev–Trinajstić information content (AvgIpc) is 3.04. The van der Waals surface area contributed by atoms with Gasteiger partial charge in [-0.3, -0.25) is 0 Å². The van der Waals surface area contributed by atoms with Crippen molar-refractivity contribution in [1.82, 2.24) is 4.98 Å². The van der Waals surface area contributed by atoms with Gasteiger partial charge in [0, 0.05) is 16.0 Å². The molecule has 0 amide bonds. The van der Waals surface area contributed by atoms with Crippen LogP contribution in [0.4, 0.5) is 0 Å². The number of ether oxygens (including phenoxy) is 2. The average molecular weight is 332 g/mol. The molecule has 0 N–H and O–H groups in total. The van der Waals surface area contributed by atoms with E-state index in [-0.39, 0.29) is 0 Å². The second-order valence-electron chi connectivity index (χ2n) is 4.61. The van der Waals surface area contributed by atoms with Gasteiger partial charge in [0.1, 0.15) is 16.5 Å². The van der Waals surface area contributed by atoms with Gasteiger partial charge in [0.2, 0.25) is 0 Å². The maximum atomic E-state index is 5.92. The fourth-order valence-electron chi connectivity index (χ4n) is 2.13. The fourth-order valence-corrected chi connectivity index (χ4v) is 3.11. The van der Waals surface area contributed by atoms with Gasteiger partial charge in [-0.1, -0.05) is 23.7 Å². The van der Waals surface area contributed by atoms with Crippen LogP contribution in [0.5, 0.6) is 11.5 Å². The summed E-state index contributed by atoms with van der Waals surface area (Å²) >= 11 is 7.50. The highest BCUT2D eigenvalue weighted by Gasteiger charge is 2.12. The maximum absolute atomic E-state index is 5.92. The number of methoxy groups -OCH3 is 2. The van der Waals surface area contributed by atoms with Gasteiger partial charge in [0.15, 0.2) is 0 Å². The van der Waals surface area contributed by atoms with Crippen LogP contribution in [0.15, 0.2) is 47.8 Å². The SMILES string of the molecule is COc1ccc(OC)c(-c2nc(-c3ccc(Cl)cc3)cs2)c1. The lowest BCUT2D eigenvalue weighted by Gasteiger charge is -2.08. The summed E-state index contributed by atoms with van der Waals surface area (Å²) in [6.07, 6.45) is 0. The molecule has 2 aromatic carbocycles. The molecule has 1 aromatic heterocycles. The van der Waals surface area contributed by atoms with Gasteiger partial charge in [-0.05, 0) is 30.3 Å². The Bertz CT molecular complexity index is 784. The highest BCUT2D eigenvalue weighted by atomic mass is 35.5. The Morgan fingerprint density at radius 3 is 2.45 bits per heavy atom. The highest BCUT2D eigenvalue weighted by Crippen LogP contribution is 2.37. The second kappa shape index (κ2) is 6.38. The lowest BCUT2D eigenvalue weighted by Crippen LogP contribution is -1.90. The number of aromatic nitrogens is 1. The molecule has 0 radical (unpaired) electrons. The van der Waals surface area contributed by atoms with Crippen LogP contribution in [0.3, 0.4) is 0 Å². The third-order valence-electron chi connectivity index (χ3n) is 3.28. The van der Waals surface area contributed by atoms with Crippen molar-refractivity contribution in [2.75, 3.05) is 14.2 Å². The molecule has 0 aliphatic carbocycles. The third kappa shape index (κ3) is 2.93. The van der Waals surface area contributed by atoms with Crippen LogP contribution in [-0.2, 0) is 0 Å². The van der Waals surface area contributed by atoms with Gasteiger partial charge in [-0.2, -0.15) is 0 Å². The summed E-state index contributed by atoms with van der Waals surface area (Å²) < 4.78 is 10.7. The van der Waals surface area contributed by atoms with E-state index in [1.54, 1.807) is 25.6 Å². The number of hydrogen-bond donors (Lipinski definition) is 0. The molecular weight excluding hydrogens is 318 g/mol. The van der Waals surface area contributed by atoms with E-state index < -0.39 is 0 Å². The Morgan fingerprint density at radius 1 is 1.00 bits per heavy atom. The first-order chi connectivity index (χ1) is 10.7. The Labute approximate surface area is 138 Å². The van der Waals surface area contributed by atoms with Gasteiger partial charge in [-0.25, -0.2) is 4.98 Å². The summed E-state index contributed by atoms with van der Waals surface area (Å²) in [6.45, 7) is 0. The molecule has 0 bridgehead atoms. The minimum atomic E-state index is 0.716. The molecule has 5 heteroatoms. The molecule has 1 heterocycles. The quantitative estimate of drug-likeness (QED) is 0.662. The van der Waals surface area contributed by atoms with Crippen LogP contribution in [0.25, 0.3) is 21.8 Å². The highest BCUT2D eigenvalue weighted by molar-refractivity contribution is 7.13. The molecule has 112 valence electrons. The smallest absolute Gasteiger partial charge is 0.129 e. The predicted octanol–water partition coefficient (Wildman–Crippen LogP) is 5.15. The first kappa shape index (κ1) is 14.9. The molecule has 22 heavy (non-hydrogen) atoms. The van der Waals surface area contributed by atoms with Crippen molar-refractivity contribution in [1.29, 1.82) is 0 Å². The first-order valence-electron chi connectivity index (χ1n) is 6.65. The normalized spacial score (nSPS) is 10.5. The molecule has 0 saturated carbocycles. The number of halogens is 1. The van der Waals surface area contributed by atoms with Gasteiger partial charge in [-0.15, -0.1) is 11.3 Å². The van der Waals surface area contributed by atoms with E-state index in [1.165, 1.54) is 0 Å². The summed E-state index contributed by atoms with van der Waals surface area (Å²) in [4.78, 5) is 4.70. The van der Waals surface area contributed by atoms with E-state index in [1.807, 2.05) is 47.8 Å². The van der Waals surface area contributed by atoms with Gasteiger partial charge >= 0.3 is 0 Å². The third-order valence-corrected chi connectivity index (χ3v) is 4.41. The Morgan fingerprint density at radius 2 is 1.77 bits per heavy atom. The van der Waals surface area contributed by atoms with Crippen molar-refractivity contribution < 1.29 is 9.47 Å². The van der Waals surface area contributed by atoms with Crippen LogP contribution >= 0.6 is 22.9 Å². The van der Waals surface area contributed by atoms with Crippen molar-refractivity contribution in [2.24, 2.45) is 0 Å². The first-order valence-corrected chi connectivity index (χ1v) is 7.91. The number of hydrogen-bond acceptors (Lipinski definition) is 4. The van der Waals surface area contributed by atoms with Gasteiger partial charge < -0.3 is 9.47 Å². The zero-order valence-electron chi connectivity index (χ0n) is 12.2. The van der Waals surface area contributed by atoms with Crippen LogP contribution in [0.1, 0.15) is 0 Å². The molecule has 0 saturated heterocycles. The van der Waals surface area contributed by atoms with E-state index in [4.69, 9.17) is 26.1 Å². The molecule has 3 aromatic rings. The number of rotatable bonds is 4. The van der Waals surface area contributed by atoms with E-state index in [0.717, 1.165) is 33.3 Å². The summed E-state index contributed by atoms with van der Waals surface area (Å²) in [7, 11) is 3.30. The van der Waals surface area contributed by atoms with Crippen molar-refractivity contribution >= 4 is 22.9 Å². The largest absolute Gasteiger partial charge is 0.497 e. The zero-order chi connectivity index (χ0) is 15.5.